The molecule has 1 aromatic carbocycles. The van der Waals surface area contributed by atoms with Crippen LogP contribution in [0.4, 0.5) is 5.69 Å². The van der Waals surface area contributed by atoms with Gasteiger partial charge in [0.2, 0.25) is 5.75 Å². The molecule has 2 rings (SSSR count). The van der Waals surface area contributed by atoms with E-state index in [0.717, 1.165) is 0 Å². The number of carbonyl (C=O) groups excluding carboxylic acids is 2. The SMILES string of the molecule is COC(=O)C1=C(Nc2cc(OC)c(OC)c(OC)c2)C(=O)N(CCO)C1. The van der Waals surface area contributed by atoms with Gasteiger partial charge in [0.25, 0.3) is 5.91 Å². The Morgan fingerprint density at radius 1 is 1.15 bits per heavy atom. The molecule has 0 spiro atoms. The van der Waals surface area contributed by atoms with Gasteiger partial charge >= 0.3 is 5.97 Å². The summed E-state index contributed by atoms with van der Waals surface area (Å²) < 4.78 is 20.6. The second-order valence-electron chi connectivity index (χ2n) is 5.33. The van der Waals surface area contributed by atoms with E-state index in [1.54, 1.807) is 12.1 Å². The summed E-state index contributed by atoms with van der Waals surface area (Å²) in [7, 11) is 5.68. The van der Waals surface area contributed by atoms with Crippen molar-refractivity contribution in [2.45, 2.75) is 0 Å². The van der Waals surface area contributed by atoms with E-state index >= 15 is 0 Å². The summed E-state index contributed by atoms with van der Waals surface area (Å²) in [4.78, 5) is 25.9. The summed E-state index contributed by atoms with van der Waals surface area (Å²) in [5.41, 5.74) is 0.731. The van der Waals surface area contributed by atoms with Crippen molar-refractivity contribution in [3.05, 3.63) is 23.4 Å². The first kappa shape index (κ1) is 19.4. The number of esters is 1. The Hall–Kier alpha value is -2.94. The number of carbonyl (C=O) groups is 2. The fourth-order valence-corrected chi connectivity index (χ4v) is 2.65. The standard InChI is InChI=1S/C17H22N2O7/c1-23-12-7-10(8-13(24-2)15(12)25-3)18-14-11(17(22)26-4)9-19(5-6-20)16(14)21/h7-8,18,20H,5-6,9H2,1-4H3. The van der Waals surface area contributed by atoms with Crippen molar-refractivity contribution in [3.63, 3.8) is 0 Å². The summed E-state index contributed by atoms with van der Waals surface area (Å²) in [5, 5.41) is 12.0. The highest BCUT2D eigenvalue weighted by molar-refractivity contribution is 6.08. The predicted octanol–water partition coefficient (Wildman–Crippen LogP) is 0.386. The molecule has 0 saturated heterocycles. The van der Waals surface area contributed by atoms with Gasteiger partial charge in [-0.1, -0.05) is 0 Å². The summed E-state index contributed by atoms with van der Waals surface area (Å²) in [6.07, 6.45) is 0. The van der Waals surface area contributed by atoms with Crippen LogP contribution in [0.3, 0.4) is 0 Å². The highest BCUT2D eigenvalue weighted by atomic mass is 16.5. The van der Waals surface area contributed by atoms with E-state index < -0.39 is 11.9 Å². The molecule has 0 fully saturated rings. The predicted molar refractivity (Wildman–Crippen MR) is 92.4 cm³/mol. The molecule has 0 unspecified atom stereocenters. The fraction of sp³-hybridized carbons (Fsp3) is 0.412. The van der Waals surface area contributed by atoms with Gasteiger partial charge in [-0.15, -0.1) is 0 Å². The third-order valence-corrected chi connectivity index (χ3v) is 3.89. The molecule has 0 bridgehead atoms. The summed E-state index contributed by atoms with van der Waals surface area (Å²) in [5.74, 6) is 0.170. The number of ether oxygens (including phenoxy) is 4. The summed E-state index contributed by atoms with van der Waals surface area (Å²) in [6, 6.07) is 3.23. The van der Waals surface area contributed by atoms with Crippen LogP contribution in [0.25, 0.3) is 0 Å². The second-order valence-corrected chi connectivity index (χ2v) is 5.33. The van der Waals surface area contributed by atoms with Crippen molar-refractivity contribution in [3.8, 4) is 17.2 Å². The Kier molecular flexibility index (Phi) is 6.29. The van der Waals surface area contributed by atoms with Crippen LogP contribution in [0, 0.1) is 0 Å². The largest absolute Gasteiger partial charge is 0.493 e. The molecule has 1 aromatic rings. The Labute approximate surface area is 151 Å². The molecule has 1 amide bonds. The Morgan fingerprint density at radius 3 is 2.23 bits per heavy atom. The number of hydrogen-bond acceptors (Lipinski definition) is 8. The molecule has 0 saturated carbocycles. The van der Waals surface area contributed by atoms with Gasteiger partial charge in [-0.05, 0) is 0 Å². The Bertz CT molecular complexity index is 705. The fourth-order valence-electron chi connectivity index (χ4n) is 2.65. The maximum absolute atomic E-state index is 12.6. The number of benzene rings is 1. The number of rotatable bonds is 8. The number of aliphatic hydroxyl groups excluding tert-OH is 1. The first-order valence-electron chi connectivity index (χ1n) is 7.79. The van der Waals surface area contributed by atoms with Crippen molar-refractivity contribution in [2.24, 2.45) is 0 Å². The lowest BCUT2D eigenvalue weighted by atomic mass is 10.2. The summed E-state index contributed by atoms with van der Waals surface area (Å²) >= 11 is 0. The van der Waals surface area contributed by atoms with Crippen LogP contribution in [-0.4, -0.2) is 70.0 Å². The molecule has 1 aliphatic heterocycles. The van der Waals surface area contributed by atoms with E-state index in [0.29, 0.717) is 22.9 Å². The second kappa shape index (κ2) is 8.43. The molecule has 1 aliphatic rings. The third kappa shape index (κ3) is 3.67. The van der Waals surface area contributed by atoms with Crippen LogP contribution >= 0.6 is 0 Å². The number of hydrogen-bond donors (Lipinski definition) is 2. The lowest BCUT2D eigenvalue weighted by molar-refractivity contribution is -0.136. The minimum Gasteiger partial charge on any atom is -0.493 e. The smallest absolute Gasteiger partial charge is 0.337 e. The number of methoxy groups -OCH3 is 4. The first-order chi connectivity index (χ1) is 12.5. The van der Waals surface area contributed by atoms with Gasteiger partial charge in [-0.25, -0.2) is 4.79 Å². The monoisotopic (exact) mass is 366 g/mol. The van der Waals surface area contributed by atoms with Crippen molar-refractivity contribution < 1.29 is 33.6 Å². The van der Waals surface area contributed by atoms with E-state index in [1.165, 1.54) is 33.3 Å². The molecule has 9 heteroatoms. The van der Waals surface area contributed by atoms with Crippen LogP contribution in [0.15, 0.2) is 23.4 Å². The van der Waals surface area contributed by atoms with Crippen molar-refractivity contribution >= 4 is 17.6 Å². The average molecular weight is 366 g/mol. The lowest BCUT2D eigenvalue weighted by Gasteiger charge is -2.17. The van der Waals surface area contributed by atoms with Crippen LogP contribution < -0.4 is 19.5 Å². The van der Waals surface area contributed by atoms with E-state index in [9.17, 15) is 9.59 Å². The number of nitrogens with one attached hydrogen (secondary N) is 1. The van der Waals surface area contributed by atoms with E-state index in [1.807, 2.05) is 0 Å². The average Bonchev–Trinajstić information content (AvgIpc) is 2.96. The molecule has 26 heavy (non-hydrogen) atoms. The molecule has 0 atom stereocenters. The molecular formula is C17H22N2O7. The van der Waals surface area contributed by atoms with Crippen molar-refractivity contribution in [2.75, 3.05) is 53.5 Å². The van der Waals surface area contributed by atoms with Gasteiger partial charge in [0.1, 0.15) is 5.70 Å². The maximum Gasteiger partial charge on any atom is 0.337 e. The molecule has 2 N–H and O–H groups in total. The molecule has 0 radical (unpaired) electrons. The Balaban J connectivity index is 2.43. The third-order valence-electron chi connectivity index (χ3n) is 3.89. The number of aliphatic hydroxyl groups is 1. The van der Waals surface area contributed by atoms with Crippen molar-refractivity contribution in [1.29, 1.82) is 0 Å². The molecule has 142 valence electrons. The molecule has 1 heterocycles. The van der Waals surface area contributed by atoms with E-state index in [-0.39, 0.29) is 31.0 Å². The minimum absolute atomic E-state index is 0.0544. The first-order valence-corrected chi connectivity index (χ1v) is 7.79. The zero-order valence-electron chi connectivity index (χ0n) is 15.1. The highest BCUT2D eigenvalue weighted by Crippen LogP contribution is 2.40. The molecule has 0 aromatic heterocycles. The number of nitrogens with zero attached hydrogens (tertiary/aromatic N) is 1. The van der Waals surface area contributed by atoms with Gasteiger partial charge < -0.3 is 34.3 Å². The molecule has 0 aliphatic carbocycles. The van der Waals surface area contributed by atoms with Crippen molar-refractivity contribution in [1.82, 2.24) is 4.90 Å². The Morgan fingerprint density at radius 2 is 1.77 bits per heavy atom. The maximum atomic E-state index is 12.6. The van der Waals surface area contributed by atoms with Crippen LogP contribution in [0.1, 0.15) is 0 Å². The summed E-state index contributed by atoms with van der Waals surface area (Å²) in [6.45, 7) is -0.0454. The normalized spacial score (nSPS) is 13.7. The number of β-amino-alcohol motifs (C(OH)–C–C–N with tert-alkyl or cyclic N) is 1. The highest BCUT2D eigenvalue weighted by Gasteiger charge is 2.34. The topological polar surface area (TPSA) is 107 Å². The van der Waals surface area contributed by atoms with Crippen LogP contribution in [0.2, 0.25) is 0 Å². The van der Waals surface area contributed by atoms with E-state index in [2.05, 4.69) is 5.32 Å². The van der Waals surface area contributed by atoms with E-state index in [4.69, 9.17) is 24.1 Å². The van der Waals surface area contributed by atoms with Crippen LogP contribution in [-0.2, 0) is 14.3 Å². The quantitative estimate of drug-likeness (QED) is 0.636. The molecule has 9 nitrogen and oxygen atoms in total. The van der Waals surface area contributed by atoms with Gasteiger partial charge in [0.15, 0.2) is 11.5 Å². The lowest BCUT2D eigenvalue weighted by Crippen LogP contribution is -2.31. The zero-order chi connectivity index (χ0) is 19.3. The van der Waals surface area contributed by atoms with Crippen LogP contribution in [0.5, 0.6) is 17.2 Å². The number of anilines is 1. The zero-order valence-corrected chi connectivity index (χ0v) is 15.1. The molecular weight excluding hydrogens is 344 g/mol. The van der Waals surface area contributed by atoms with Gasteiger partial charge in [-0.2, -0.15) is 0 Å². The number of amides is 1. The van der Waals surface area contributed by atoms with Gasteiger partial charge in [-0.3, -0.25) is 4.79 Å². The van der Waals surface area contributed by atoms with Gasteiger partial charge in [0.05, 0.1) is 47.2 Å². The minimum atomic E-state index is -0.617. The van der Waals surface area contributed by atoms with Gasteiger partial charge in [0, 0.05) is 24.4 Å².